The molecule has 0 aromatic heterocycles. The summed E-state index contributed by atoms with van der Waals surface area (Å²) in [7, 11) is 0. The molecule has 2 heterocycles. The van der Waals surface area contributed by atoms with Crippen molar-refractivity contribution < 1.29 is 19.1 Å². The number of aryl methyl sites for hydroxylation is 1. The van der Waals surface area contributed by atoms with Crippen molar-refractivity contribution in [1.82, 2.24) is 9.80 Å². The van der Waals surface area contributed by atoms with E-state index in [4.69, 9.17) is 4.74 Å². The number of likely N-dealkylation sites (tertiary alicyclic amines) is 1. The lowest BCUT2D eigenvalue weighted by atomic mass is 10.1. The van der Waals surface area contributed by atoms with Gasteiger partial charge in [-0.1, -0.05) is 35.9 Å². The summed E-state index contributed by atoms with van der Waals surface area (Å²) < 4.78 is 6.65. The fourth-order valence-electron chi connectivity index (χ4n) is 3.74. The minimum atomic E-state index is -0.425. The quantitative estimate of drug-likeness (QED) is 0.470. The summed E-state index contributed by atoms with van der Waals surface area (Å²) >= 11 is 4.39. The molecule has 0 spiro atoms. The highest BCUT2D eigenvalue weighted by Crippen LogP contribution is 2.34. The molecule has 0 saturated carbocycles. The second-order valence-corrected chi connectivity index (χ2v) is 10.0. The van der Waals surface area contributed by atoms with Gasteiger partial charge in [-0.2, -0.15) is 0 Å². The molecule has 2 fully saturated rings. The van der Waals surface area contributed by atoms with Crippen LogP contribution in [0, 0.1) is 6.92 Å². The average Bonchev–Trinajstić information content (AvgIpc) is 3.07. The second-order valence-electron chi connectivity index (χ2n) is 8.17. The zero-order valence-electron chi connectivity index (χ0n) is 18.4. The third-order valence-corrected chi connectivity index (χ3v) is 7.17. The van der Waals surface area contributed by atoms with Gasteiger partial charge in [0, 0.05) is 13.1 Å². The highest BCUT2D eigenvalue weighted by molar-refractivity contribution is 9.10. The summed E-state index contributed by atoms with van der Waals surface area (Å²) in [4.78, 5) is 40.8. The zero-order chi connectivity index (χ0) is 23.4. The zero-order valence-corrected chi connectivity index (χ0v) is 20.8. The Kier molecular flexibility index (Phi) is 7.55. The molecule has 2 saturated heterocycles. The SMILES string of the molecule is Cc1ccc(COc2ccc(/C=C3\SC(=O)N(CC(=O)N4CCCCC4)C3=O)cc2Br)cc1. The molecule has 3 amide bonds. The van der Waals surface area contributed by atoms with Crippen LogP contribution in [0.5, 0.6) is 5.75 Å². The van der Waals surface area contributed by atoms with Gasteiger partial charge in [0.1, 0.15) is 18.9 Å². The van der Waals surface area contributed by atoms with E-state index in [1.165, 1.54) is 5.56 Å². The third-order valence-electron chi connectivity index (χ3n) is 5.64. The van der Waals surface area contributed by atoms with Crippen molar-refractivity contribution in [2.75, 3.05) is 19.6 Å². The normalized spacial score (nSPS) is 17.7. The van der Waals surface area contributed by atoms with Crippen molar-refractivity contribution in [3.63, 3.8) is 0 Å². The van der Waals surface area contributed by atoms with Crippen LogP contribution in [0.3, 0.4) is 0 Å². The maximum Gasteiger partial charge on any atom is 0.294 e. The van der Waals surface area contributed by atoms with Crippen LogP contribution in [0.4, 0.5) is 4.79 Å². The molecule has 0 atom stereocenters. The van der Waals surface area contributed by atoms with Crippen LogP contribution in [0.2, 0.25) is 0 Å². The fourth-order valence-corrected chi connectivity index (χ4v) is 5.08. The predicted octanol–water partition coefficient (Wildman–Crippen LogP) is 5.39. The average molecular weight is 529 g/mol. The number of carbonyl (C=O) groups is 3. The van der Waals surface area contributed by atoms with Gasteiger partial charge in [-0.05, 0) is 83.2 Å². The molecular formula is C25H25BrN2O4S. The van der Waals surface area contributed by atoms with E-state index in [-0.39, 0.29) is 12.5 Å². The number of piperidine rings is 1. The predicted molar refractivity (Wildman–Crippen MR) is 133 cm³/mol. The molecule has 2 aromatic rings. The molecule has 0 aliphatic carbocycles. The Morgan fingerprint density at radius 1 is 1.09 bits per heavy atom. The van der Waals surface area contributed by atoms with Crippen molar-refractivity contribution in [1.29, 1.82) is 0 Å². The Balaban J connectivity index is 1.40. The van der Waals surface area contributed by atoms with Crippen molar-refractivity contribution in [3.8, 4) is 5.75 Å². The lowest BCUT2D eigenvalue weighted by Gasteiger charge is -2.27. The second kappa shape index (κ2) is 10.6. The maximum atomic E-state index is 12.8. The molecule has 2 aliphatic rings. The summed E-state index contributed by atoms with van der Waals surface area (Å²) in [5, 5.41) is -0.409. The highest BCUT2D eigenvalue weighted by atomic mass is 79.9. The third kappa shape index (κ3) is 5.86. The van der Waals surface area contributed by atoms with Gasteiger partial charge in [-0.15, -0.1) is 0 Å². The standard InChI is InChI=1S/C25H25BrN2O4S/c1-17-5-7-18(8-6-17)16-32-21-10-9-19(13-20(21)26)14-22-24(30)28(25(31)33-22)15-23(29)27-11-3-2-4-12-27/h5-10,13-14H,2-4,11-12,15-16H2,1H3/b22-14-. The van der Waals surface area contributed by atoms with Crippen molar-refractivity contribution in [3.05, 3.63) is 68.5 Å². The van der Waals surface area contributed by atoms with E-state index >= 15 is 0 Å². The van der Waals surface area contributed by atoms with Crippen molar-refractivity contribution >= 4 is 50.8 Å². The van der Waals surface area contributed by atoms with E-state index in [2.05, 4.69) is 15.9 Å². The molecule has 4 rings (SSSR count). The minimum Gasteiger partial charge on any atom is -0.488 e. The van der Waals surface area contributed by atoms with Gasteiger partial charge in [-0.3, -0.25) is 19.3 Å². The van der Waals surface area contributed by atoms with Gasteiger partial charge in [-0.25, -0.2) is 0 Å². The smallest absolute Gasteiger partial charge is 0.294 e. The lowest BCUT2D eigenvalue weighted by molar-refractivity contribution is -0.136. The molecule has 0 N–H and O–H groups in total. The van der Waals surface area contributed by atoms with E-state index < -0.39 is 11.1 Å². The van der Waals surface area contributed by atoms with Gasteiger partial charge in [0.2, 0.25) is 5.91 Å². The van der Waals surface area contributed by atoms with Gasteiger partial charge in [0.15, 0.2) is 0 Å². The number of carbonyl (C=O) groups excluding carboxylic acids is 3. The Morgan fingerprint density at radius 2 is 1.82 bits per heavy atom. The number of thioether (sulfide) groups is 1. The molecule has 2 aromatic carbocycles. The summed E-state index contributed by atoms with van der Waals surface area (Å²) in [6.07, 6.45) is 4.71. The van der Waals surface area contributed by atoms with Gasteiger partial charge < -0.3 is 9.64 Å². The van der Waals surface area contributed by atoms with E-state index in [0.717, 1.165) is 51.5 Å². The molecular weight excluding hydrogens is 504 g/mol. The molecule has 6 nitrogen and oxygen atoms in total. The number of halogens is 1. The van der Waals surface area contributed by atoms with E-state index in [1.807, 2.05) is 49.4 Å². The van der Waals surface area contributed by atoms with Crippen LogP contribution < -0.4 is 4.74 Å². The van der Waals surface area contributed by atoms with E-state index in [1.54, 1.807) is 11.0 Å². The summed E-state index contributed by atoms with van der Waals surface area (Å²) in [6, 6.07) is 13.7. The Labute approximate surface area is 206 Å². The van der Waals surface area contributed by atoms with Gasteiger partial charge >= 0.3 is 0 Å². The van der Waals surface area contributed by atoms with Crippen LogP contribution >= 0.6 is 27.7 Å². The largest absolute Gasteiger partial charge is 0.488 e. The van der Waals surface area contributed by atoms with Crippen molar-refractivity contribution in [2.24, 2.45) is 0 Å². The first kappa shape index (κ1) is 23.6. The number of benzene rings is 2. The Bertz CT molecular complexity index is 1090. The van der Waals surface area contributed by atoms with Crippen LogP contribution in [-0.2, 0) is 16.2 Å². The van der Waals surface area contributed by atoms with Gasteiger partial charge in [0.05, 0.1) is 9.38 Å². The molecule has 172 valence electrons. The first-order valence-electron chi connectivity index (χ1n) is 10.9. The highest BCUT2D eigenvalue weighted by Gasteiger charge is 2.37. The van der Waals surface area contributed by atoms with Crippen LogP contribution in [0.1, 0.15) is 36.0 Å². The molecule has 0 radical (unpaired) electrons. The number of hydrogen-bond acceptors (Lipinski definition) is 5. The van der Waals surface area contributed by atoms with Crippen molar-refractivity contribution in [2.45, 2.75) is 32.8 Å². The fraction of sp³-hybridized carbons (Fsp3) is 0.320. The summed E-state index contributed by atoms with van der Waals surface area (Å²) in [5.74, 6) is 0.0928. The molecule has 33 heavy (non-hydrogen) atoms. The maximum absolute atomic E-state index is 12.8. The van der Waals surface area contributed by atoms with E-state index in [9.17, 15) is 14.4 Å². The topological polar surface area (TPSA) is 66.9 Å². The van der Waals surface area contributed by atoms with Crippen LogP contribution in [-0.4, -0.2) is 46.5 Å². The first-order valence-corrected chi connectivity index (χ1v) is 12.5. The van der Waals surface area contributed by atoms with Crippen LogP contribution in [0.15, 0.2) is 51.8 Å². The number of imide groups is 1. The number of hydrogen-bond donors (Lipinski definition) is 0. The molecule has 0 unspecified atom stereocenters. The summed E-state index contributed by atoms with van der Waals surface area (Å²) in [6.45, 7) is 3.68. The number of nitrogens with zero attached hydrogens (tertiary/aromatic N) is 2. The van der Waals surface area contributed by atoms with Crippen LogP contribution in [0.25, 0.3) is 6.08 Å². The minimum absolute atomic E-state index is 0.170. The Morgan fingerprint density at radius 3 is 2.52 bits per heavy atom. The number of amides is 3. The lowest BCUT2D eigenvalue weighted by Crippen LogP contribution is -2.44. The first-order chi connectivity index (χ1) is 15.9. The molecule has 8 heteroatoms. The number of rotatable bonds is 6. The molecule has 0 bridgehead atoms. The Hall–Kier alpha value is -2.58. The summed E-state index contributed by atoms with van der Waals surface area (Å²) in [5.41, 5.74) is 3.03. The number of ether oxygens (including phenoxy) is 1. The van der Waals surface area contributed by atoms with Gasteiger partial charge in [0.25, 0.3) is 11.1 Å². The molecule has 2 aliphatic heterocycles. The van der Waals surface area contributed by atoms with E-state index in [0.29, 0.717) is 30.4 Å². The monoisotopic (exact) mass is 528 g/mol.